The number of aryl methyl sites for hydroxylation is 1. The minimum absolute atomic E-state index is 0.0167. The molecule has 3 aromatic carbocycles. The molecule has 3 aromatic rings. The maximum Gasteiger partial charge on any atom is 0.266 e. The number of carbonyl (C=O) groups excluding carboxylic acids is 1. The first-order valence-electron chi connectivity index (χ1n) is 9.32. The van der Waals surface area contributed by atoms with Gasteiger partial charge >= 0.3 is 0 Å². The number of ether oxygens (including phenoxy) is 1. The summed E-state index contributed by atoms with van der Waals surface area (Å²) in [4.78, 5) is 12.6. The van der Waals surface area contributed by atoms with Crippen LogP contribution < -0.4 is 10.1 Å². The lowest BCUT2D eigenvalue weighted by atomic mass is 10.1. The Bertz CT molecular complexity index is 1210. The highest BCUT2D eigenvalue weighted by atomic mass is 127. The normalized spacial score (nSPS) is 11.1. The van der Waals surface area contributed by atoms with Crippen LogP contribution in [0.4, 0.5) is 5.69 Å². The zero-order valence-electron chi connectivity index (χ0n) is 16.8. The van der Waals surface area contributed by atoms with Gasteiger partial charge in [0.2, 0.25) is 0 Å². The van der Waals surface area contributed by atoms with Gasteiger partial charge in [-0.1, -0.05) is 29.8 Å². The SMILES string of the molecule is Cc1ccc(NC(=O)/C(C#N)=C\c2cc(Br)c(OCc3ccc(I)cc3)c(I)c2)cc1Cl. The van der Waals surface area contributed by atoms with Gasteiger partial charge in [0.1, 0.15) is 24.0 Å². The molecule has 0 aromatic heterocycles. The van der Waals surface area contributed by atoms with E-state index in [1.54, 1.807) is 18.2 Å². The lowest BCUT2D eigenvalue weighted by molar-refractivity contribution is -0.112. The fourth-order valence-electron chi connectivity index (χ4n) is 2.72. The van der Waals surface area contributed by atoms with Crippen molar-refractivity contribution >= 4 is 90.4 Å². The van der Waals surface area contributed by atoms with Crippen molar-refractivity contribution in [1.29, 1.82) is 5.26 Å². The van der Waals surface area contributed by atoms with Crippen molar-refractivity contribution in [1.82, 2.24) is 0 Å². The number of rotatable bonds is 6. The molecule has 0 saturated heterocycles. The van der Waals surface area contributed by atoms with E-state index in [0.717, 1.165) is 19.2 Å². The maximum atomic E-state index is 12.6. The van der Waals surface area contributed by atoms with Crippen molar-refractivity contribution in [3.05, 3.63) is 93.5 Å². The monoisotopic (exact) mass is 732 g/mol. The zero-order valence-corrected chi connectivity index (χ0v) is 23.4. The summed E-state index contributed by atoms with van der Waals surface area (Å²) in [7, 11) is 0. The minimum Gasteiger partial charge on any atom is -0.487 e. The van der Waals surface area contributed by atoms with Crippen LogP contribution in [-0.4, -0.2) is 5.91 Å². The second-order valence-electron chi connectivity index (χ2n) is 6.82. The molecule has 3 rings (SSSR count). The molecule has 4 nitrogen and oxygen atoms in total. The molecule has 0 fully saturated rings. The Balaban J connectivity index is 1.77. The molecule has 1 amide bonds. The molecule has 0 aliphatic heterocycles. The number of nitrogens with zero attached hydrogens (tertiary/aromatic N) is 1. The molecule has 0 bridgehead atoms. The van der Waals surface area contributed by atoms with Crippen molar-refractivity contribution in [3.63, 3.8) is 0 Å². The lowest BCUT2D eigenvalue weighted by Crippen LogP contribution is -2.13. The molecule has 0 unspecified atom stereocenters. The first-order chi connectivity index (χ1) is 15.3. The van der Waals surface area contributed by atoms with E-state index in [1.807, 2.05) is 55.5 Å². The maximum absolute atomic E-state index is 12.6. The number of anilines is 1. The highest BCUT2D eigenvalue weighted by Crippen LogP contribution is 2.33. The number of nitriles is 1. The van der Waals surface area contributed by atoms with Gasteiger partial charge in [0, 0.05) is 14.3 Å². The molecule has 0 radical (unpaired) electrons. The number of amides is 1. The zero-order chi connectivity index (χ0) is 23.3. The van der Waals surface area contributed by atoms with Crippen molar-refractivity contribution < 1.29 is 9.53 Å². The smallest absolute Gasteiger partial charge is 0.266 e. The van der Waals surface area contributed by atoms with Gasteiger partial charge in [0.25, 0.3) is 5.91 Å². The van der Waals surface area contributed by atoms with E-state index in [-0.39, 0.29) is 5.57 Å². The molecule has 0 aliphatic carbocycles. The van der Waals surface area contributed by atoms with E-state index < -0.39 is 5.91 Å². The van der Waals surface area contributed by atoms with E-state index in [4.69, 9.17) is 16.3 Å². The second-order valence-corrected chi connectivity index (χ2v) is 10.5. The molecule has 32 heavy (non-hydrogen) atoms. The Labute approximate surface area is 227 Å². The predicted octanol–water partition coefficient (Wildman–Crippen LogP) is 7.74. The Morgan fingerprint density at radius 3 is 2.53 bits per heavy atom. The van der Waals surface area contributed by atoms with Gasteiger partial charge in [-0.25, -0.2) is 0 Å². The molecular formula is C24H16BrClI2N2O2. The van der Waals surface area contributed by atoms with Crippen LogP contribution in [0.1, 0.15) is 16.7 Å². The lowest BCUT2D eigenvalue weighted by Gasteiger charge is -2.12. The van der Waals surface area contributed by atoms with E-state index >= 15 is 0 Å². The fraction of sp³-hybridized carbons (Fsp3) is 0.0833. The average molecular weight is 734 g/mol. The van der Waals surface area contributed by atoms with Crippen molar-refractivity contribution in [3.8, 4) is 11.8 Å². The van der Waals surface area contributed by atoms with E-state index in [1.165, 1.54) is 3.57 Å². The summed E-state index contributed by atoms with van der Waals surface area (Å²) in [5, 5.41) is 12.8. The third-order valence-corrected chi connectivity index (χ3v) is 6.94. The third kappa shape index (κ3) is 6.70. The molecule has 0 heterocycles. The first kappa shape index (κ1) is 25.0. The Morgan fingerprint density at radius 1 is 1.19 bits per heavy atom. The summed E-state index contributed by atoms with van der Waals surface area (Å²) in [5.41, 5.74) is 3.19. The second kappa shape index (κ2) is 11.5. The van der Waals surface area contributed by atoms with Crippen LogP contribution in [0, 0.1) is 25.4 Å². The molecule has 8 heteroatoms. The van der Waals surface area contributed by atoms with Gasteiger partial charge < -0.3 is 10.1 Å². The van der Waals surface area contributed by atoms with Crippen molar-refractivity contribution in [2.45, 2.75) is 13.5 Å². The predicted molar refractivity (Wildman–Crippen MR) is 149 cm³/mol. The number of benzene rings is 3. The number of halogens is 4. The van der Waals surface area contributed by atoms with Crippen molar-refractivity contribution in [2.75, 3.05) is 5.32 Å². The Hall–Kier alpha value is -1.61. The molecule has 162 valence electrons. The summed E-state index contributed by atoms with van der Waals surface area (Å²) < 4.78 is 8.76. The number of carbonyl (C=O) groups is 1. The highest BCUT2D eigenvalue weighted by Gasteiger charge is 2.13. The van der Waals surface area contributed by atoms with Gasteiger partial charge in [-0.2, -0.15) is 5.26 Å². The molecule has 0 saturated carbocycles. The molecule has 0 spiro atoms. The fourth-order valence-corrected chi connectivity index (χ4v) is 5.03. The van der Waals surface area contributed by atoms with Gasteiger partial charge in [-0.05, 0) is 127 Å². The number of hydrogen-bond acceptors (Lipinski definition) is 3. The molecule has 0 atom stereocenters. The first-order valence-corrected chi connectivity index (χ1v) is 12.6. The number of nitrogens with one attached hydrogen (secondary N) is 1. The van der Waals surface area contributed by atoms with Crippen LogP contribution >= 0.6 is 72.7 Å². The van der Waals surface area contributed by atoms with Gasteiger partial charge in [-0.15, -0.1) is 0 Å². The summed E-state index contributed by atoms with van der Waals surface area (Å²) in [6.45, 7) is 2.31. The molecule has 0 aliphatic rings. The Kier molecular flexibility index (Phi) is 8.99. The van der Waals surface area contributed by atoms with Gasteiger partial charge in [-0.3, -0.25) is 4.79 Å². The van der Waals surface area contributed by atoms with Crippen LogP contribution in [0.25, 0.3) is 6.08 Å². The van der Waals surface area contributed by atoms with E-state index in [9.17, 15) is 10.1 Å². The topological polar surface area (TPSA) is 62.1 Å². The largest absolute Gasteiger partial charge is 0.487 e. The van der Waals surface area contributed by atoms with Crippen LogP contribution in [0.3, 0.4) is 0 Å². The average Bonchev–Trinajstić information content (AvgIpc) is 2.75. The summed E-state index contributed by atoms with van der Waals surface area (Å²) >= 11 is 14.1. The summed E-state index contributed by atoms with van der Waals surface area (Å²) in [6, 6.07) is 19.0. The van der Waals surface area contributed by atoms with E-state index in [0.29, 0.717) is 28.6 Å². The van der Waals surface area contributed by atoms with E-state index in [2.05, 4.69) is 66.4 Å². The van der Waals surface area contributed by atoms with Crippen LogP contribution in [0.2, 0.25) is 5.02 Å². The Morgan fingerprint density at radius 2 is 1.91 bits per heavy atom. The highest BCUT2D eigenvalue weighted by molar-refractivity contribution is 14.1. The van der Waals surface area contributed by atoms with Crippen LogP contribution in [-0.2, 0) is 11.4 Å². The summed E-state index contributed by atoms with van der Waals surface area (Å²) in [5.74, 6) is 0.205. The minimum atomic E-state index is -0.502. The van der Waals surface area contributed by atoms with Gasteiger partial charge in [0.05, 0.1) is 8.04 Å². The van der Waals surface area contributed by atoms with Crippen LogP contribution in [0.15, 0.2) is 64.6 Å². The van der Waals surface area contributed by atoms with Crippen molar-refractivity contribution in [2.24, 2.45) is 0 Å². The third-order valence-electron chi connectivity index (χ3n) is 4.42. The van der Waals surface area contributed by atoms with Crippen LogP contribution in [0.5, 0.6) is 5.75 Å². The quantitative estimate of drug-likeness (QED) is 0.160. The molecular weight excluding hydrogens is 717 g/mol. The standard InChI is InChI=1S/C24H16BrClI2N2O2/c1-14-2-7-19(11-21(14)26)30-24(31)17(12-29)8-16-9-20(25)23(22(28)10-16)32-13-15-3-5-18(27)6-4-15/h2-11H,13H2,1H3,(H,30,31)/b17-8-. The van der Waals surface area contributed by atoms with Gasteiger partial charge in [0.15, 0.2) is 0 Å². The number of hydrogen-bond donors (Lipinski definition) is 1. The summed E-state index contributed by atoms with van der Waals surface area (Å²) in [6.07, 6.45) is 1.54. The molecule has 1 N–H and O–H groups in total.